The van der Waals surface area contributed by atoms with Crippen molar-refractivity contribution in [3.05, 3.63) is 11.6 Å². The van der Waals surface area contributed by atoms with Crippen LogP contribution in [0.5, 0.6) is 0 Å². The number of halogens is 2. The van der Waals surface area contributed by atoms with Gasteiger partial charge in [-0.05, 0) is 32.3 Å². The fourth-order valence-corrected chi connectivity index (χ4v) is 0.908. The van der Waals surface area contributed by atoms with E-state index >= 15 is 0 Å². The highest BCUT2D eigenvalue weighted by atomic mass is 19.3. The number of hydrogen-bond donors (Lipinski definition) is 0. The van der Waals surface area contributed by atoms with E-state index in [1.807, 2.05) is 0 Å². The number of allylic oxidation sites excluding steroid dienone is 2. The van der Waals surface area contributed by atoms with Crippen LogP contribution in [0.4, 0.5) is 8.78 Å². The van der Waals surface area contributed by atoms with Crippen LogP contribution in [0.15, 0.2) is 11.6 Å². The van der Waals surface area contributed by atoms with Crippen LogP contribution in [-0.4, -0.2) is 12.2 Å². The van der Waals surface area contributed by atoms with Crippen molar-refractivity contribution in [2.24, 2.45) is 5.92 Å². The van der Waals surface area contributed by atoms with Crippen LogP contribution in [0.1, 0.15) is 33.6 Å². The van der Waals surface area contributed by atoms with Crippen molar-refractivity contribution in [3.63, 3.8) is 0 Å². The Morgan fingerprint density at radius 2 is 2.08 bits per heavy atom. The predicted octanol–water partition coefficient (Wildman–Crippen LogP) is 3.20. The first-order valence-electron chi connectivity index (χ1n) is 4.40. The summed E-state index contributed by atoms with van der Waals surface area (Å²) in [5.74, 6) is -3.33. The summed E-state index contributed by atoms with van der Waals surface area (Å²) < 4.78 is 25.3. The first-order chi connectivity index (χ1) is 5.91. The maximum Gasteiger partial charge on any atom is 0.247 e. The smallest absolute Gasteiger partial charge is 0.247 e. The molecule has 0 aliphatic rings. The summed E-state index contributed by atoms with van der Waals surface area (Å²) in [5.41, 5.74) is 0.594. The molecule has 0 spiro atoms. The molecule has 0 aromatic rings. The summed E-state index contributed by atoms with van der Waals surface area (Å²) in [6, 6.07) is 0. The lowest BCUT2D eigenvalue weighted by Gasteiger charge is -2.18. The Kier molecular flexibility index (Phi) is 4.81. The van der Waals surface area contributed by atoms with Gasteiger partial charge in [-0.2, -0.15) is 0 Å². The summed E-state index contributed by atoms with van der Waals surface area (Å²) in [5, 5.41) is 0. The first-order valence-corrected chi connectivity index (χ1v) is 4.40. The predicted molar refractivity (Wildman–Crippen MR) is 48.8 cm³/mol. The van der Waals surface area contributed by atoms with Gasteiger partial charge in [0.2, 0.25) is 5.92 Å². The normalized spacial score (nSPS) is 15.6. The molecule has 13 heavy (non-hydrogen) atoms. The van der Waals surface area contributed by atoms with Crippen LogP contribution < -0.4 is 0 Å². The lowest BCUT2D eigenvalue weighted by atomic mass is 9.96. The molecule has 0 saturated carbocycles. The fraction of sp³-hybridized carbons (Fsp3) is 0.700. The highest BCUT2D eigenvalue weighted by Crippen LogP contribution is 2.27. The summed E-state index contributed by atoms with van der Waals surface area (Å²) in [7, 11) is 0. The maximum absolute atomic E-state index is 12.7. The molecule has 0 N–H and O–H groups in total. The first kappa shape index (κ1) is 12.3. The molecule has 0 aliphatic heterocycles. The second-order valence-electron chi connectivity index (χ2n) is 3.38. The van der Waals surface area contributed by atoms with Crippen LogP contribution >= 0.6 is 0 Å². The number of carbonyl (C=O) groups excluding carboxylic acids is 1. The standard InChI is InChI=1S/C10H16F2O/c1-4-9(7-13)6-5-8(2)10(3,11)12/h4,7-8H,5-6H2,1-3H3/b9-4+. The van der Waals surface area contributed by atoms with Gasteiger partial charge in [0.05, 0.1) is 0 Å². The van der Waals surface area contributed by atoms with Gasteiger partial charge >= 0.3 is 0 Å². The van der Waals surface area contributed by atoms with E-state index in [9.17, 15) is 13.6 Å². The second-order valence-corrected chi connectivity index (χ2v) is 3.38. The number of carbonyl (C=O) groups is 1. The van der Waals surface area contributed by atoms with E-state index in [4.69, 9.17) is 0 Å². The topological polar surface area (TPSA) is 17.1 Å². The zero-order valence-corrected chi connectivity index (χ0v) is 8.31. The molecule has 0 bridgehead atoms. The minimum atomic E-state index is -2.65. The molecule has 76 valence electrons. The third-order valence-corrected chi connectivity index (χ3v) is 2.25. The van der Waals surface area contributed by atoms with Gasteiger partial charge in [-0.15, -0.1) is 0 Å². The van der Waals surface area contributed by atoms with Crippen LogP contribution in [0, 0.1) is 5.92 Å². The Bertz CT molecular complexity index is 192. The number of aldehydes is 1. The molecule has 3 heteroatoms. The Labute approximate surface area is 77.8 Å². The lowest BCUT2D eigenvalue weighted by Crippen LogP contribution is -2.21. The van der Waals surface area contributed by atoms with Gasteiger partial charge in [-0.3, -0.25) is 4.79 Å². The zero-order valence-electron chi connectivity index (χ0n) is 8.31. The lowest BCUT2D eigenvalue weighted by molar-refractivity contribution is -0.105. The van der Waals surface area contributed by atoms with Gasteiger partial charge in [0.1, 0.15) is 6.29 Å². The molecule has 0 aromatic carbocycles. The Morgan fingerprint density at radius 3 is 2.38 bits per heavy atom. The third-order valence-electron chi connectivity index (χ3n) is 2.25. The average Bonchev–Trinajstić information content (AvgIpc) is 2.04. The van der Waals surface area contributed by atoms with E-state index in [0.717, 1.165) is 13.2 Å². The van der Waals surface area contributed by atoms with Crippen molar-refractivity contribution >= 4 is 6.29 Å². The molecule has 0 amide bonds. The molecule has 1 unspecified atom stereocenters. The van der Waals surface area contributed by atoms with E-state index in [2.05, 4.69) is 0 Å². The zero-order chi connectivity index (χ0) is 10.5. The van der Waals surface area contributed by atoms with Crippen LogP contribution in [-0.2, 0) is 4.79 Å². The Balaban J connectivity index is 3.96. The summed E-state index contributed by atoms with van der Waals surface area (Å²) in [6.07, 6.45) is 3.17. The third kappa shape index (κ3) is 4.76. The molecule has 1 atom stereocenters. The highest BCUT2D eigenvalue weighted by Gasteiger charge is 2.29. The molecule has 0 heterocycles. The van der Waals surface area contributed by atoms with Crippen LogP contribution in [0.3, 0.4) is 0 Å². The fourth-order valence-electron chi connectivity index (χ4n) is 0.908. The second kappa shape index (κ2) is 5.10. The largest absolute Gasteiger partial charge is 0.298 e. The van der Waals surface area contributed by atoms with E-state index in [0.29, 0.717) is 18.4 Å². The van der Waals surface area contributed by atoms with Gasteiger partial charge in [-0.1, -0.05) is 13.0 Å². The number of alkyl halides is 2. The Morgan fingerprint density at radius 1 is 1.54 bits per heavy atom. The van der Waals surface area contributed by atoms with Crippen molar-refractivity contribution in [1.29, 1.82) is 0 Å². The molecule has 0 fully saturated rings. The molecule has 0 rings (SSSR count). The Hall–Kier alpha value is -0.730. The van der Waals surface area contributed by atoms with Gasteiger partial charge in [0, 0.05) is 5.92 Å². The summed E-state index contributed by atoms with van der Waals surface area (Å²) in [6.45, 7) is 4.14. The van der Waals surface area contributed by atoms with Crippen molar-refractivity contribution in [1.82, 2.24) is 0 Å². The maximum atomic E-state index is 12.7. The molecule has 0 aromatic heterocycles. The van der Waals surface area contributed by atoms with Crippen molar-refractivity contribution in [3.8, 4) is 0 Å². The van der Waals surface area contributed by atoms with E-state index in [1.54, 1.807) is 13.0 Å². The van der Waals surface area contributed by atoms with E-state index in [1.165, 1.54) is 6.92 Å². The summed E-state index contributed by atoms with van der Waals surface area (Å²) >= 11 is 0. The SMILES string of the molecule is C/C=C(/C=O)CCC(C)C(C)(F)F. The molecular formula is C10H16F2O. The van der Waals surface area contributed by atoms with Crippen molar-refractivity contribution in [2.45, 2.75) is 39.5 Å². The van der Waals surface area contributed by atoms with E-state index in [-0.39, 0.29) is 0 Å². The monoisotopic (exact) mass is 190 g/mol. The van der Waals surface area contributed by atoms with Gasteiger partial charge in [0.25, 0.3) is 0 Å². The molecular weight excluding hydrogens is 174 g/mol. The molecule has 0 aliphatic carbocycles. The summed E-state index contributed by atoms with van der Waals surface area (Å²) in [4.78, 5) is 10.3. The molecule has 1 nitrogen and oxygen atoms in total. The molecule has 0 radical (unpaired) electrons. The van der Waals surface area contributed by atoms with Gasteiger partial charge < -0.3 is 0 Å². The van der Waals surface area contributed by atoms with E-state index < -0.39 is 11.8 Å². The van der Waals surface area contributed by atoms with Gasteiger partial charge in [-0.25, -0.2) is 8.78 Å². The minimum absolute atomic E-state index is 0.349. The molecule has 0 saturated heterocycles. The highest BCUT2D eigenvalue weighted by molar-refractivity contribution is 5.72. The average molecular weight is 190 g/mol. The van der Waals surface area contributed by atoms with Crippen molar-refractivity contribution < 1.29 is 13.6 Å². The van der Waals surface area contributed by atoms with Crippen molar-refractivity contribution in [2.75, 3.05) is 0 Å². The van der Waals surface area contributed by atoms with Crippen LogP contribution in [0.2, 0.25) is 0 Å². The van der Waals surface area contributed by atoms with Crippen LogP contribution in [0.25, 0.3) is 0 Å². The minimum Gasteiger partial charge on any atom is -0.298 e. The van der Waals surface area contributed by atoms with Gasteiger partial charge in [0.15, 0.2) is 0 Å². The quantitative estimate of drug-likeness (QED) is 0.480. The number of rotatable bonds is 5. The number of hydrogen-bond acceptors (Lipinski definition) is 1.